The molecule has 88 valence electrons. The summed E-state index contributed by atoms with van der Waals surface area (Å²) in [5.41, 5.74) is 2.33. The van der Waals surface area contributed by atoms with Crippen LogP contribution in [0.1, 0.15) is 5.56 Å². The summed E-state index contributed by atoms with van der Waals surface area (Å²) in [6, 6.07) is 12.1. The minimum atomic E-state index is 0.799. The minimum Gasteiger partial charge on any atom is -0.377 e. The zero-order chi connectivity index (χ0) is 12.3. The van der Waals surface area contributed by atoms with E-state index in [9.17, 15) is 0 Å². The first-order chi connectivity index (χ1) is 8.16. The molecule has 1 aromatic carbocycles. The lowest BCUT2D eigenvalue weighted by atomic mass is 10.2. The Morgan fingerprint density at radius 3 is 2.29 bits per heavy atom. The van der Waals surface area contributed by atoms with Gasteiger partial charge in [0, 0.05) is 37.5 Å². The van der Waals surface area contributed by atoms with Crippen LogP contribution in [-0.2, 0) is 6.54 Å². The molecule has 0 saturated carbocycles. The van der Waals surface area contributed by atoms with Crippen molar-refractivity contribution in [1.29, 1.82) is 0 Å². The van der Waals surface area contributed by atoms with Crippen molar-refractivity contribution in [2.24, 2.45) is 0 Å². The highest BCUT2D eigenvalue weighted by Gasteiger charge is 2.06. The molecule has 0 saturated heterocycles. The largest absolute Gasteiger partial charge is 0.377 e. The second-order valence-corrected chi connectivity index (χ2v) is 4.62. The van der Waals surface area contributed by atoms with Crippen LogP contribution in [0.4, 0.5) is 5.69 Å². The molecule has 0 aliphatic heterocycles. The molecule has 0 N–H and O–H groups in total. The maximum absolute atomic E-state index is 6.13. The standard InChI is InChI=1S/C14H16ClN2/c1-16(2)13-7-9-17(10-8-13)11-12-5-3-4-6-14(12)15/h3-10H,11H2,1-2H3/q+1. The van der Waals surface area contributed by atoms with E-state index in [2.05, 4.69) is 40.1 Å². The Labute approximate surface area is 107 Å². The molecule has 0 aliphatic rings. The van der Waals surface area contributed by atoms with Gasteiger partial charge in [0.05, 0.1) is 5.02 Å². The zero-order valence-corrected chi connectivity index (χ0v) is 10.9. The molecule has 0 bridgehead atoms. The van der Waals surface area contributed by atoms with Gasteiger partial charge < -0.3 is 4.90 Å². The van der Waals surface area contributed by atoms with Gasteiger partial charge in [-0.2, -0.15) is 0 Å². The number of benzene rings is 1. The van der Waals surface area contributed by atoms with Crippen molar-refractivity contribution < 1.29 is 4.57 Å². The Bertz CT molecular complexity index is 492. The van der Waals surface area contributed by atoms with Crippen LogP contribution in [0.5, 0.6) is 0 Å². The molecule has 0 fully saturated rings. The van der Waals surface area contributed by atoms with E-state index in [1.165, 1.54) is 5.69 Å². The third-order valence-electron chi connectivity index (χ3n) is 2.70. The first-order valence-corrected chi connectivity index (χ1v) is 5.94. The lowest BCUT2D eigenvalue weighted by Crippen LogP contribution is -2.33. The summed E-state index contributed by atoms with van der Waals surface area (Å²) in [6.07, 6.45) is 4.14. The summed E-state index contributed by atoms with van der Waals surface area (Å²) in [7, 11) is 4.07. The number of hydrogen-bond donors (Lipinski definition) is 0. The molecule has 2 nitrogen and oxygen atoms in total. The van der Waals surface area contributed by atoms with Gasteiger partial charge in [-0.05, 0) is 6.07 Å². The maximum atomic E-state index is 6.13. The van der Waals surface area contributed by atoms with Crippen molar-refractivity contribution in [3.05, 3.63) is 59.4 Å². The molecule has 0 spiro atoms. The fourth-order valence-electron chi connectivity index (χ4n) is 1.68. The zero-order valence-electron chi connectivity index (χ0n) is 10.1. The third kappa shape index (κ3) is 2.98. The summed E-state index contributed by atoms with van der Waals surface area (Å²) >= 11 is 6.13. The van der Waals surface area contributed by atoms with Gasteiger partial charge in [-0.25, -0.2) is 4.57 Å². The normalized spacial score (nSPS) is 10.3. The van der Waals surface area contributed by atoms with Crippen LogP contribution in [0.25, 0.3) is 0 Å². The molecule has 0 unspecified atom stereocenters. The number of hydrogen-bond acceptors (Lipinski definition) is 1. The van der Waals surface area contributed by atoms with Gasteiger partial charge in [-0.3, -0.25) is 0 Å². The van der Waals surface area contributed by atoms with Gasteiger partial charge in [0.2, 0.25) is 0 Å². The van der Waals surface area contributed by atoms with E-state index in [0.29, 0.717) is 0 Å². The van der Waals surface area contributed by atoms with E-state index in [-0.39, 0.29) is 0 Å². The number of aromatic nitrogens is 1. The van der Waals surface area contributed by atoms with E-state index in [0.717, 1.165) is 17.1 Å². The second kappa shape index (κ2) is 5.19. The molecule has 0 radical (unpaired) electrons. The highest BCUT2D eigenvalue weighted by molar-refractivity contribution is 6.31. The molecule has 3 heteroatoms. The third-order valence-corrected chi connectivity index (χ3v) is 3.07. The molecule has 0 atom stereocenters. The molecule has 17 heavy (non-hydrogen) atoms. The van der Waals surface area contributed by atoms with Crippen molar-refractivity contribution in [2.75, 3.05) is 19.0 Å². The fourth-order valence-corrected chi connectivity index (χ4v) is 1.87. The smallest absolute Gasteiger partial charge is 0.175 e. The number of rotatable bonds is 3. The maximum Gasteiger partial charge on any atom is 0.175 e. The Hall–Kier alpha value is -1.54. The van der Waals surface area contributed by atoms with E-state index in [1.807, 2.05) is 32.3 Å². The molecular weight excluding hydrogens is 232 g/mol. The SMILES string of the molecule is CN(C)c1cc[n+](Cc2ccccc2Cl)cc1. The topological polar surface area (TPSA) is 7.12 Å². The van der Waals surface area contributed by atoms with Gasteiger partial charge >= 0.3 is 0 Å². The Kier molecular flexibility index (Phi) is 3.64. The average molecular weight is 248 g/mol. The Balaban J connectivity index is 2.17. The monoisotopic (exact) mass is 247 g/mol. The average Bonchev–Trinajstić information content (AvgIpc) is 2.33. The Morgan fingerprint density at radius 1 is 1.06 bits per heavy atom. The number of pyridine rings is 1. The van der Waals surface area contributed by atoms with Crippen molar-refractivity contribution in [3.63, 3.8) is 0 Å². The molecular formula is C14H16ClN2+. The summed E-state index contributed by atoms with van der Waals surface area (Å²) in [4.78, 5) is 2.08. The van der Waals surface area contributed by atoms with Crippen LogP contribution in [0.15, 0.2) is 48.8 Å². The quantitative estimate of drug-likeness (QED) is 0.757. The van der Waals surface area contributed by atoms with E-state index in [1.54, 1.807) is 0 Å². The number of halogens is 1. The predicted molar refractivity (Wildman–Crippen MR) is 71.5 cm³/mol. The van der Waals surface area contributed by atoms with E-state index >= 15 is 0 Å². The summed E-state index contributed by atoms with van der Waals surface area (Å²) < 4.78 is 2.12. The molecule has 2 aromatic rings. The van der Waals surface area contributed by atoms with Crippen LogP contribution in [0.3, 0.4) is 0 Å². The van der Waals surface area contributed by atoms with Crippen LogP contribution < -0.4 is 9.47 Å². The molecule has 0 aliphatic carbocycles. The van der Waals surface area contributed by atoms with Crippen LogP contribution in [0, 0.1) is 0 Å². The van der Waals surface area contributed by atoms with Crippen molar-refractivity contribution in [2.45, 2.75) is 6.54 Å². The minimum absolute atomic E-state index is 0.799. The Morgan fingerprint density at radius 2 is 1.71 bits per heavy atom. The molecule has 1 aromatic heterocycles. The summed E-state index contributed by atoms with van der Waals surface area (Å²) in [5.74, 6) is 0. The fraction of sp³-hybridized carbons (Fsp3) is 0.214. The lowest BCUT2D eigenvalue weighted by molar-refractivity contribution is -0.688. The predicted octanol–water partition coefficient (Wildman–Crippen LogP) is 2.74. The van der Waals surface area contributed by atoms with Gasteiger partial charge in [0.1, 0.15) is 0 Å². The van der Waals surface area contributed by atoms with Gasteiger partial charge in [-0.15, -0.1) is 0 Å². The first kappa shape index (κ1) is 11.9. The van der Waals surface area contributed by atoms with Crippen molar-refractivity contribution in [1.82, 2.24) is 0 Å². The molecule has 1 heterocycles. The highest BCUT2D eigenvalue weighted by Crippen LogP contribution is 2.14. The van der Waals surface area contributed by atoms with E-state index < -0.39 is 0 Å². The summed E-state index contributed by atoms with van der Waals surface area (Å²) in [6.45, 7) is 0.799. The van der Waals surface area contributed by atoms with Crippen LogP contribution in [-0.4, -0.2) is 14.1 Å². The van der Waals surface area contributed by atoms with E-state index in [4.69, 9.17) is 11.6 Å². The van der Waals surface area contributed by atoms with Crippen LogP contribution in [0.2, 0.25) is 5.02 Å². The van der Waals surface area contributed by atoms with Gasteiger partial charge in [0.15, 0.2) is 18.9 Å². The van der Waals surface area contributed by atoms with Gasteiger partial charge in [0.25, 0.3) is 0 Å². The molecule has 2 rings (SSSR count). The van der Waals surface area contributed by atoms with Crippen LogP contribution >= 0.6 is 11.6 Å². The van der Waals surface area contributed by atoms with Crippen molar-refractivity contribution in [3.8, 4) is 0 Å². The van der Waals surface area contributed by atoms with Gasteiger partial charge in [-0.1, -0.05) is 29.8 Å². The second-order valence-electron chi connectivity index (χ2n) is 4.21. The number of nitrogens with zero attached hydrogens (tertiary/aromatic N) is 2. The van der Waals surface area contributed by atoms with Crippen molar-refractivity contribution >= 4 is 17.3 Å². The number of anilines is 1. The molecule has 0 amide bonds. The summed E-state index contributed by atoms with van der Waals surface area (Å²) in [5, 5.41) is 0.816. The lowest BCUT2D eigenvalue weighted by Gasteiger charge is -2.10. The highest BCUT2D eigenvalue weighted by atomic mass is 35.5. The first-order valence-electron chi connectivity index (χ1n) is 5.56.